The molecule has 1 aromatic carbocycles. The van der Waals surface area contributed by atoms with Crippen LogP contribution in [-0.2, 0) is 22.6 Å². The fourth-order valence-corrected chi connectivity index (χ4v) is 3.00. The van der Waals surface area contributed by atoms with Crippen molar-refractivity contribution in [1.82, 2.24) is 4.90 Å². The standard InChI is InChI=1S/C13H12BrNO3/c14-10-3-8-1-2-18-13(8)9(4-10)6-15-7-11(16)5-12(15)17/h3-4H,1-2,5-7H2. The third-order valence-electron chi connectivity index (χ3n) is 3.25. The molecule has 2 aliphatic heterocycles. The minimum atomic E-state index is -0.0910. The van der Waals surface area contributed by atoms with Crippen LogP contribution < -0.4 is 4.74 Å². The molecule has 18 heavy (non-hydrogen) atoms. The van der Waals surface area contributed by atoms with E-state index in [0.29, 0.717) is 13.2 Å². The Labute approximate surface area is 113 Å². The SMILES string of the molecule is O=C1CC(=O)N(Cc2cc(Br)cc3c2OCC3)C1. The van der Waals surface area contributed by atoms with E-state index in [0.717, 1.165) is 27.8 Å². The van der Waals surface area contributed by atoms with Crippen LogP contribution in [0.25, 0.3) is 0 Å². The molecule has 1 fully saturated rings. The first kappa shape index (κ1) is 11.7. The first-order valence-electron chi connectivity index (χ1n) is 5.87. The molecule has 1 amide bonds. The van der Waals surface area contributed by atoms with Crippen LogP contribution in [-0.4, -0.2) is 29.7 Å². The van der Waals surface area contributed by atoms with Crippen LogP contribution in [0.2, 0.25) is 0 Å². The second-order valence-corrected chi connectivity index (χ2v) is 5.53. The van der Waals surface area contributed by atoms with E-state index in [9.17, 15) is 9.59 Å². The lowest BCUT2D eigenvalue weighted by Gasteiger charge is -2.17. The third kappa shape index (κ3) is 2.03. The number of rotatable bonds is 2. The Bertz CT molecular complexity index is 541. The molecule has 0 aliphatic carbocycles. The number of carbonyl (C=O) groups excluding carboxylic acids is 2. The summed E-state index contributed by atoms with van der Waals surface area (Å²) in [5.74, 6) is 0.782. The summed E-state index contributed by atoms with van der Waals surface area (Å²) in [6.07, 6.45) is 0.936. The molecule has 2 aliphatic rings. The zero-order valence-corrected chi connectivity index (χ0v) is 11.3. The van der Waals surface area contributed by atoms with Crippen LogP contribution in [0.15, 0.2) is 16.6 Å². The zero-order valence-electron chi connectivity index (χ0n) is 9.74. The Hall–Kier alpha value is -1.36. The highest BCUT2D eigenvalue weighted by atomic mass is 79.9. The molecular formula is C13H12BrNO3. The minimum absolute atomic E-state index is 0.00689. The Morgan fingerprint density at radius 3 is 2.89 bits per heavy atom. The summed E-state index contributed by atoms with van der Waals surface area (Å²) in [6, 6.07) is 4.00. The first-order chi connectivity index (χ1) is 8.63. The van der Waals surface area contributed by atoms with E-state index in [1.807, 2.05) is 12.1 Å². The van der Waals surface area contributed by atoms with Gasteiger partial charge in [0.05, 0.1) is 19.6 Å². The van der Waals surface area contributed by atoms with Crippen molar-refractivity contribution < 1.29 is 14.3 Å². The maximum Gasteiger partial charge on any atom is 0.230 e. The van der Waals surface area contributed by atoms with Crippen LogP contribution in [0.3, 0.4) is 0 Å². The maximum absolute atomic E-state index is 11.6. The van der Waals surface area contributed by atoms with Gasteiger partial charge in [-0.05, 0) is 17.7 Å². The van der Waals surface area contributed by atoms with Crippen molar-refractivity contribution in [1.29, 1.82) is 0 Å². The van der Waals surface area contributed by atoms with Crippen molar-refractivity contribution in [3.63, 3.8) is 0 Å². The molecule has 0 bridgehead atoms. The number of hydrogen-bond donors (Lipinski definition) is 0. The van der Waals surface area contributed by atoms with Gasteiger partial charge in [-0.2, -0.15) is 0 Å². The van der Waals surface area contributed by atoms with Gasteiger partial charge in [0, 0.05) is 23.0 Å². The summed E-state index contributed by atoms with van der Waals surface area (Å²) in [7, 11) is 0. The molecule has 0 spiro atoms. The largest absolute Gasteiger partial charge is 0.493 e. The van der Waals surface area contributed by atoms with Gasteiger partial charge in [0.25, 0.3) is 0 Å². The number of benzene rings is 1. The van der Waals surface area contributed by atoms with E-state index in [1.165, 1.54) is 0 Å². The van der Waals surface area contributed by atoms with E-state index < -0.39 is 0 Å². The van der Waals surface area contributed by atoms with E-state index in [-0.39, 0.29) is 24.7 Å². The Morgan fingerprint density at radius 2 is 2.17 bits per heavy atom. The number of halogens is 1. The second kappa shape index (κ2) is 4.39. The van der Waals surface area contributed by atoms with E-state index in [2.05, 4.69) is 15.9 Å². The summed E-state index contributed by atoms with van der Waals surface area (Å²) < 4.78 is 6.60. The Balaban J connectivity index is 1.89. The number of hydrogen-bond acceptors (Lipinski definition) is 3. The lowest BCUT2D eigenvalue weighted by molar-refractivity contribution is -0.128. The van der Waals surface area contributed by atoms with Crippen LogP contribution in [0.1, 0.15) is 17.5 Å². The average Bonchev–Trinajstić information content (AvgIpc) is 2.86. The number of likely N-dealkylation sites (tertiary alicyclic amines) is 1. The van der Waals surface area contributed by atoms with Crippen molar-refractivity contribution >= 4 is 27.6 Å². The topological polar surface area (TPSA) is 46.6 Å². The fourth-order valence-electron chi connectivity index (χ4n) is 2.45. The number of nitrogens with zero attached hydrogens (tertiary/aromatic N) is 1. The van der Waals surface area contributed by atoms with E-state index in [4.69, 9.17) is 4.74 Å². The zero-order chi connectivity index (χ0) is 12.7. The van der Waals surface area contributed by atoms with Gasteiger partial charge in [0.2, 0.25) is 5.91 Å². The van der Waals surface area contributed by atoms with Gasteiger partial charge in [-0.15, -0.1) is 0 Å². The molecule has 2 heterocycles. The number of Topliss-reactive ketones (excluding diaryl/α,β-unsaturated/α-hetero) is 1. The molecule has 1 saturated heterocycles. The first-order valence-corrected chi connectivity index (χ1v) is 6.66. The van der Waals surface area contributed by atoms with Gasteiger partial charge in [-0.3, -0.25) is 9.59 Å². The van der Waals surface area contributed by atoms with Crippen LogP contribution >= 0.6 is 15.9 Å². The lowest BCUT2D eigenvalue weighted by Crippen LogP contribution is -2.24. The molecule has 4 nitrogen and oxygen atoms in total. The van der Waals surface area contributed by atoms with Gasteiger partial charge >= 0.3 is 0 Å². The molecule has 0 atom stereocenters. The maximum atomic E-state index is 11.6. The number of fused-ring (bicyclic) bond motifs is 1. The molecular weight excluding hydrogens is 298 g/mol. The third-order valence-corrected chi connectivity index (χ3v) is 3.71. The van der Waals surface area contributed by atoms with Crippen molar-refractivity contribution in [2.24, 2.45) is 0 Å². The lowest BCUT2D eigenvalue weighted by atomic mass is 10.1. The normalized spacial score (nSPS) is 18.2. The number of amides is 1. The molecule has 94 valence electrons. The van der Waals surface area contributed by atoms with Crippen molar-refractivity contribution in [3.05, 3.63) is 27.7 Å². The summed E-state index contributed by atoms with van der Waals surface area (Å²) in [5.41, 5.74) is 2.14. The minimum Gasteiger partial charge on any atom is -0.493 e. The summed E-state index contributed by atoms with van der Waals surface area (Å²) >= 11 is 3.47. The van der Waals surface area contributed by atoms with Crippen molar-refractivity contribution in [2.45, 2.75) is 19.4 Å². The quantitative estimate of drug-likeness (QED) is 0.781. The number of ketones is 1. The highest BCUT2D eigenvalue weighted by molar-refractivity contribution is 9.10. The van der Waals surface area contributed by atoms with Gasteiger partial charge < -0.3 is 9.64 Å². The summed E-state index contributed by atoms with van der Waals surface area (Å²) in [4.78, 5) is 24.5. The Kier molecular flexibility index (Phi) is 2.86. The molecule has 5 heteroatoms. The summed E-state index contributed by atoms with van der Waals surface area (Å²) in [6.45, 7) is 1.36. The average molecular weight is 310 g/mol. The molecule has 0 saturated carbocycles. The fraction of sp³-hybridized carbons (Fsp3) is 0.385. The molecule has 0 unspecified atom stereocenters. The summed E-state index contributed by atoms with van der Waals surface area (Å²) in [5, 5.41) is 0. The monoisotopic (exact) mass is 309 g/mol. The van der Waals surface area contributed by atoms with Crippen molar-refractivity contribution in [3.8, 4) is 5.75 Å². The molecule has 0 N–H and O–H groups in total. The van der Waals surface area contributed by atoms with E-state index >= 15 is 0 Å². The van der Waals surface area contributed by atoms with Gasteiger partial charge in [0.1, 0.15) is 5.75 Å². The number of carbonyl (C=O) groups is 2. The van der Waals surface area contributed by atoms with Crippen LogP contribution in [0.4, 0.5) is 0 Å². The Morgan fingerprint density at radius 1 is 1.33 bits per heavy atom. The number of ether oxygens (including phenoxy) is 1. The second-order valence-electron chi connectivity index (χ2n) is 4.62. The smallest absolute Gasteiger partial charge is 0.230 e. The van der Waals surface area contributed by atoms with Crippen LogP contribution in [0.5, 0.6) is 5.75 Å². The van der Waals surface area contributed by atoms with Gasteiger partial charge in [-0.25, -0.2) is 0 Å². The van der Waals surface area contributed by atoms with E-state index in [1.54, 1.807) is 4.90 Å². The molecule has 0 aromatic heterocycles. The van der Waals surface area contributed by atoms with Crippen molar-refractivity contribution in [2.75, 3.05) is 13.2 Å². The van der Waals surface area contributed by atoms with Gasteiger partial charge in [0.15, 0.2) is 5.78 Å². The van der Waals surface area contributed by atoms with Crippen LogP contribution in [0, 0.1) is 0 Å². The molecule has 0 radical (unpaired) electrons. The molecule has 3 rings (SSSR count). The van der Waals surface area contributed by atoms with Gasteiger partial charge in [-0.1, -0.05) is 15.9 Å². The highest BCUT2D eigenvalue weighted by Crippen LogP contribution is 2.34. The molecule has 1 aromatic rings. The predicted octanol–water partition coefficient (Wildman–Crippen LogP) is 1.69. The highest BCUT2D eigenvalue weighted by Gasteiger charge is 2.29. The predicted molar refractivity (Wildman–Crippen MR) is 68.4 cm³/mol.